The summed E-state index contributed by atoms with van der Waals surface area (Å²) in [5.41, 5.74) is 3.17. The van der Waals surface area contributed by atoms with E-state index in [-0.39, 0.29) is 22.3 Å². The first-order valence-electron chi connectivity index (χ1n) is 7.22. The third-order valence-corrected chi connectivity index (χ3v) is 5.29. The quantitative estimate of drug-likeness (QED) is 0.685. The van der Waals surface area contributed by atoms with Crippen LogP contribution < -0.4 is 0 Å². The maximum Gasteiger partial charge on any atom is 0.157 e. The fraction of sp³-hybridized carbons (Fsp3) is 0.647. The van der Waals surface area contributed by atoms with Crippen LogP contribution in [0.5, 0.6) is 11.5 Å². The molecule has 2 aliphatic rings. The van der Waals surface area contributed by atoms with Crippen molar-refractivity contribution in [3.05, 3.63) is 23.3 Å². The molecule has 1 aromatic rings. The second kappa shape index (κ2) is 3.47. The van der Waals surface area contributed by atoms with E-state index in [4.69, 9.17) is 0 Å². The molecule has 19 heavy (non-hydrogen) atoms. The van der Waals surface area contributed by atoms with Crippen LogP contribution in [0.2, 0.25) is 0 Å². The highest BCUT2D eigenvalue weighted by atomic mass is 16.3. The van der Waals surface area contributed by atoms with Crippen LogP contribution in [0.4, 0.5) is 0 Å². The van der Waals surface area contributed by atoms with E-state index in [9.17, 15) is 10.2 Å². The van der Waals surface area contributed by atoms with Gasteiger partial charge in [-0.25, -0.2) is 0 Å². The number of benzene rings is 1. The Morgan fingerprint density at radius 1 is 0.842 bits per heavy atom. The highest BCUT2D eigenvalue weighted by Crippen LogP contribution is 2.62. The second-order valence-corrected chi connectivity index (χ2v) is 8.07. The fourth-order valence-electron chi connectivity index (χ4n) is 4.66. The number of phenols is 2. The minimum absolute atomic E-state index is 0.0149. The lowest BCUT2D eigenvalue weighted by Crippen LogP contribution is -2.23. The zero-order chi connectivity index (χ0) is 14.1. The topological polar surface area (TPSA) is 40.5 Å². The summed E-state index contributed by atoms with van der Waals surface area (Å²) in [7, 11) is 0. The molecule has 2 nitrogen and oxygen atoms in total. The number of hydrogen-bond acceptors (Lipinski definition) is 2. The molecule has 0 aliphatic heterocycles. The molecule has 1 saturated carbocycles. The number of hydrogen-bond donors (Lipinski definition) is 2. The van der Waals surface area contributed by atoms with Gasteiger partial charge >= 0.3 is 0 Å². The zero-order valence-electron chi connectivity index (χ0n) is 12.4. The molecular formula is C17H24O2. The summed E-state index contributed by atoms with van der Waals surface area (Å²) in [5.74, 6) is 0.0432. The van der Waals surface area contributed by atoms with Crippen molar-refractivity contribution in [2.45, 2.75) is 64.2 Å². The van der Waals surface area contributed by atoms with Gasteiger partial charge in [-0.1, -0.05) is 27.7 Å². The Morgan fingerprint density at radius 3 is 1.95 bits per heavy atom. The number of phenolic OH excluding ortho intramolecular Hbond substituents is 2. The molecule has 1 atom stereocenters. The molecule has 0 amide bonds. The summed E-state index contributed by atoms with van der Waals surface area (Å²) < 4.78 is 0. The maximum absolute atomic E-state index is 9.88. The molecule has 1 fully saturated rings. The smallest absolute Gasteiger partial charge is 0.157 e. The summed E-state index contributed by atoms with van der Waals surface area (Å²) in [6, 6.07) is 3.60. The SMILES string of the molecule is CC1(C)CCC2(C1)CC(C)(C)c1cc(O)c(O)cc12. The van der Waals surface area contributed by atoms with Crippen molar-refractivity contribution >= 4 is 0 Å². The lowest BCUT2D eigenvalue weighted by molar-refractivity contribution is 0.305. The van der Waals surface area contributed by atoms with E-state index < -0.39 is 0 Å². The van der Waals surface area contributed by atoms with Gasteiger partial charge in [-0.2, -0.15) is 0 Å². The first kappa shape index (κ1) is 12.8. The van der Waals surface area contributed by atoms with Gasteiger partial charge in [0, 0.05) is 0 Å². The van der Waals surface area contributed by atoms with Crippen molar-refractivity contribution in [1.29, 1.82) is 0 Å². The minimum Gasteiger partial charge on any atom is -0.504 e. The molecule has 1 spiro atoms. The third kappa shape index (κ3) is 1.76. The van der Waals surface area contributed by atoms with Gasteiger partial charge in [0.25, 0.3) is 0 Å². The molecule has 0 radical (unpaired) electrons. The molecule has 104 valence electrons. The lowest BCUT2D eigenvalue weighted by Gasteiger charge is -2.29. The van der Waals surface area contributed by atoms with Crippen molar-refractivity contribution in [3.63, 3.8) is 0 Å². The Kier molecular flexibility index (Phi) is 2.35. The highest BCUT2D eigenvalue weighted by molar-refractivity contribution is 5.55. The van der Waals surface area contributed by atoms with Crippen molar-refractivity contribution in [2.24, 2.45) is 5.41 Å². The van der Waals surface area contributed by atoms with Gasteiger partial charge in [0.15, 0.2) is 11.5 Å². The lowest BCUT2D eigenvalue weighted by atomic mass is 9.75. The monoisotopic (exact) mass is 260 g/mol. The molecule has 2 N–H and O–H groups in total. The number of rotatable bonds is 0. The standard InChI is InChI=1S/C17H24O2/c1-15(2)5-6-17(9-15)10-16(3,4)11-7-13(18)14(19)8-12(11)17/h7-8,18-19H,5-6,9-10H2,1-4H3. The predicted octanol–water partition coefficient (Wildman–Crippen LogP) is 4.23. The van der Waals surface area contributed by atoms with Crippen LogP contribution >= 0.6 is 0 Å². The van der Waals surface area contributed by atoms with Gasteiger partial charge in [-0.3, -0.25) is 0 Å². The Hall–Kier alpha value is -1.18. The molecule has 3 rings (SSSR count). The van der Waals surface area contributed by atoms with Crippen molar-refractivity contribution in [1.82, 2.24) is 0 Å². The molecule has 2 aliphatic carbocycles. The van der Waals surface area contributed by atoms with Crippen LogP contribution in [0.25, 0.3) is 0 Å². The van der Waals surface area contributed by atoms with Crippen LogP contribution in [0.15, 0.2) is 12.1 Å². The zero-order valence-corrected chi connectivity index (χ0v) is 12.4. The Morgan fingerprint density at radius 2 is 1.42 bits per heavy atom. The molecule has 1 aromatic carbocycles. The molecule has 0 aromatic heterocycles. The van der Waals surface area contributed by atoms with E-state index >= 15 is 0 Å². The molecule has 0 bridgehead atoms. The van der Waals surface area contributed by atoms with Gasteiger partial charge < -0.3 is 10.2 Å². The van der Waals surface area contributed by atoms with E-state index in [0.29, 0.717) is 5.41 Å². The normalized spacial score (nSPS) is 30.7. The van der Waals surface area contributed by atoms with Gasteiger partial charge in [-0.15, -0.1) is 0 Å². The molecule has 0 heterocycles. The van der Waals surface area contributed by atoms with Crippen LogP contribution in [-0.4, -0.2) is 10.2 Å². The predicted molar refractivity (Wildman–Crippen MR) is 76.7 cm³/mol. The summed E-state index contributed by atoms with van der Waals surface area (Å²) in [4.78, 5) is 0. The Balaban J connectivity index is 2.17. The van der Waals surface area contributed by atoms with Crippen LogP contribution in [0, 0.1) is 5.41 Å². The van der Waals surface area contributed by atoms with Gasteiger partial charge in [0.2, 0.25) is 0 Å². The first-order valence-corrected chi connectivity index (χ1v) is 7.22. The van der Waals surface area contributed by atoms with Crippen molar-refractivity contribution in [3.8, 4) is 11.5 Å². The summed E-state index contributed by atoms with van der Waals surface area (Å²) >= 11 is 0. The average molecular weight is 260 g/mol. The Bertz CT molecular complexity index is 542. The maximum atomic E-state index is 9.88. The van der Waals surface area contributed by atoms with Crippen LogP contribution in [0.3, 0.4) is 0 Å². The van der Waals surface area contributed by atoms with Gasteiger partial charge in [-0.05, 0) is 65.2 Å². The minimum atomic E-state index is 0.0149. The van der Waals surface area contributed by atoms with E-state index in [0.717, 1.165) is 6.42 Å². The van der Waals surface area contributed by atoms with Crippen LogP contribution in [0.1, 0.15) is 64.5 Å². The van der Waals surface area contributed by atoms with Gasteiger partial charge in [0.05, 0.1) is 0 Å². The van der Waals surface area contributed by atoms with Gasteiger partial charge in [0.1, 0.15) is 0 Å². The second-order valence-electron chi connectivity index (χ2n) is 8.07. The van der Waals surface area contributed by atoms with E-state index in [1.165, 1.54) is 30.4 Å². The average Bonchev–Trinajstić information content (AvgIpc) is 2.66. The largest absolute Gasteiger partial charge is 0.504 e. The van der Waals surface area contributed by atoms with E-state index in [1.807, 2.05) is 6.07 Å². The number of fused-ring (bicyclic) bond motifs is 2. The molecular weight excluding hydrogens is 236 g/mol. The highest BCUT2D eigenvalue weighted by Gasteiger charge is 2.53. The third-order valence-electron chi connectivity index (χ3n) is 5.29. The van der Waals surface area contributed by atoms with E-state index in [1.54, 1.807) is 6.07 Å². The molecule has 1 unspecified atom stereocenters. The van der Waals surface area contributed by atoms with Crippen molar-refractivity contribution in [2.75, 3.05) is 0 Å². The summed E-state index contributed by atoms with van der Waals surface area (Å²) in [5, 5.41) is 19.7. The summed E-state index contributed by atoms with van der Waals surface area (Å²) in [6.07, 6.45) is 4.74. The van der Waals surface area contributed by atoms with E-state index in [2.05, 4.69) is 27.7 Å². The Labute approximate surface area is 115 Å². The molecule has 2 heteroatoms. The van der Waals surface area contributed by atoms with Crippen LogP contribution in [-0.2, 0) is 10.8 Å². The first-order chi connectivity index (χ1) is 8.65. The molecule has 0 saturated heterocycles. The number of aromatic hydroxyl groups is 2. The summed E-state index contributed by atoms with van der Waals surface area (Å²) in [6.45, 7) is 9.19. The van der Waals surface area contributed by atoms with Crippen molar-refractivity contribution < 1.29 is 10.2 Å². The fourth-order valence-corrected chi connectivity index (χ4v) is 4.66.